The average molecular weight is 298 g/mol. The summed E-state index contributed by atoms with van der Waals surface area (Å²) in [5.41, 5.74) is 0.706. The zero-order valence-electron chi connectivity index (χ0n) is 10.6. The topological polar surface area (TPSA) is 51.2 Å². The Labute approximate surface area is 118 Å². The molecule has 0 unspecified atom stereocenters. The maximum Gasteiger partial charge on any atom is 0.387 e. The van der Waals surface area contributed by atoms with E-state index < -0.39 is 6.61 Å². The van der Waals surface area contributed by atoms with Gasteiger partial charge in [-0.05, 0) is 24.6 Å². The normalized spacial score (nSPS) is 10.6. The Kier molecular flexibility index (Phi) is 4.62. The fourth-order valence-corrected chi connectivity index (χ4v) is 2.23. The van der Waals surface area contributed by atoms with E-state index in [1.165, 1.54) is 23.5 Å². The summed E-state index contributed by atoms with van der Waals surface area (Å²) in [6, 6.07) is 5.96. The highest BCUT2D eigenvalue weighted by molar-refractivity contribution is 7.15. The number of thiazole rings is 1. The number of alkyl halides is 2. The molecule has 0 spiro atoms. The number of anilines is 1. The van der Waals surface area contributed by atoms with E-state index in [1.54, 1.807) is 18.3 Å². The molecule has 1 aromatic heterocycles. The summed E-state index contributed by atoms with van der Waals surface area (Å²) in [6.07, 6.45) is 1.82. The predicted molar refractivity (Wildman–Crippen MR) is 72.3 cm³/mol. The second-order valence-corrected chi connectivity index (χ2v) is 5.26. The molecule has 0 aliphatic carbocycles. The van der Waals surface area contributed by atoms with Crippen LogP contribution in [0.2, 0.25) is 0 Å². The van der Waals surface area contributed by atoms with Gasteiger partial charge in [-0.25, -0.2) is 4.98 Å². The van der Waals surface area contributed by atoms with Crippen LogP contribution < -0.4 is 10.1 Å². The van der Waals surface area contributed by atoms with Gasteiger partial charge in [-0.3, -0.25) is 4.79 Å². The Bertz CT molecular complexity index is 584. The fourth-order valence-electron chi connectivity index (χ4n) is 1.55. The molecular weight excluding hydrogens is 286 g/mol. The molecule has 0 saturated heterocycles. The molecule has 20 heavy (non-hydrogen) atoms. The molecule has 1 heterocycles. The van der Waals surface area contributed by atoms with E-state index in [0.29, 0.717) is 10.7 Å². The van der Waals surface area contributed by atoms with E-state index >= 15 is 0 Å². The number of aryl methyl sites for hydroxylation is 1. The van der Waals surface area contributed by atoms with Gasteiger partial charge < -0.3 is 10.1 Å². The summed E-state index contributed by atoms with van der Waals surface area (Å²) in [6.45, 7) is -0.952. The molecule has 0 bridgehead atoms. The number of aromatic nitrogens is 1. The van der Waals surface area contributed by atoms with Gasteiger partial charge in [0.2, 0.25) is 5.91 Å². The molecule has 2 aromatic rings. The van der Waals surface area contributed by atoms with Gasteiger partial charge in [-0.1, -0.05) is 12.1 Å². The fraction of sp³-hybridized carbons (Fsp3) is 0.231. The number of nitrogens with one attached hydrogen (secondary N) is 1. The Balaban J connectivity index is 1.91. The van der Waals surface area contributed by atoms with Crippen LogP contribution in [0.1, 0.15) is 10.4 Å². The molecule has 0 aliphatic heterocycles. The maximum absolute atomic E-state index is 12.0. The molecule has 0 fully saturated rings. The number of benzene rings is 1. The van der Waals surface area contributed by atoms with Gasteiger partial charge >= 0.3 is 6.61 Å². The molecule has 0 atom stereocenters. The Morgan fingerprint density at radius 3 is 2.65 bits per heavy atom. The standard InChI is InChI=1S/C13H12F2N2O2S/c1-8-7-16-13(20-8)17-11(18)6-9-2-4-10(5-3-9)19-12(14)15/h2-5,7,12H,6H2,1H3,(H,16,17,18). The van der Waals surface area contributed by atoms with E-state index in [4.69, 9.17) is 0 Å². The van der Waals surface area contributed by atoms with E-state index in [0.717, 1.165) is 4.88 Å². The zero-order valence-corrected chi connectivity index (χ0v) is 11.4. The summed E-state index contributed by atoms with van der Waals surface area (Å²) in [5, 5.41) is 3.22. The number of carbonyl (C=O) groups excluding carboxylic acids is 1. The van der Waals surface area contributed by atoms with Crippen molar-refractivity contribution in [1.82, 2.24) is 4.98 Å². The van der Waals surface area contributed by atoms with Crippen LogP contribution in [0.3, 0.4) is 0 Å². The van der Waals surface area contributed by atoms with Gasteiger partial charge in [0.25, 0.3) is 0 Å². The van der Waals surface area contributed by atoms with Gasteiger partial charge in [0.05, 0.1) is 6.42 Å². The van der Waals surface area contributed by atoms with Crippen LogP contribution in [0.15, 0.2) is 30.5 Å². The molecule has 1 amide bonds. The first kappa shape index (κ1) is 14.4. The summed E-state index contributed by atoms with van der Waals surface area (Å²) in [4.78, 5) is 16.8. The summed E-state index contributed by atoms with van der Waals surface area (Å²) >= 11 is 1.39. The van der Waals surface area contributed by atoms with Gasteiger partial charge in [0.1, 0.15) is 5.75 Å². The van der Waals surface area contributed by atoms with Gasteiger partial charge in [-0.15, -0.1) is 11.3 Å². The van der Waals surface area contributed by atoms with E-state index in [1.807, 2.05) is 6.92 Å². The third kappa shape index (κ3) is 4.27. The van der Waals surface area contributed by atoms with E-state index in [9.17, 15) is 13.6 Å². The molecule has 1 aromatic carbocycles. The smallest absolute Gasteiger partial charge is 0.387 e. The number of hydrogen-bond acceptors (Lipinski definition) is 4. The number of amides is 1. The predicted octanol–water partition coefficient (Wildman–Crippen LogP) is 3.23. The second kappa shape index (κ2) is 6.42. The van der Waals surface area contributed by atoms with Crippen molar-refractivity contribution in [3.05, 3.63) is 40.9 Å². The van der Waals surface area contributed by atoms with Crippen LogP contribution in [-0.2, 0) is 11.2 Å². The van der Waals surface area contributed by atoms with Crippen LogP contribution in [0.4, 0.5) is 13.9 Å². The van der Waals surface area contributed by atoms with Gasteiger partial charge in [0.15, 0.2) is 5.13 Å². The van der Waals surface area contributed by atoms with Crippen LogP contribution in [0.5, 0.6) is 5.75 Å². The lowest BCUT2D eigenvalue weighted by molar-refractivity contribution is -0.115. The van der Waals surface area contributed by atoms with E-state index in [2.05, 4.69) is 15.0 Å². The maximum atomic E-state index is 12.0. The molecule has 0 aliphatic rings. The molecule has 106 valence electrons. The molecule has 7 heteroatoms. The quantitative estimate of drug-likeness (QED) is 0.922. The first-order valence-electron chi connectivity index (χ1n) is 5.79. The van der Waals surface area contributed by atoms with Crippen molar-refractivity contribution in [2.75, 3.05) is 5.32 Å². The lowest BCUT2D eigenvalue weighted by Gasteiger charge is -2.05. The SMILES string of the molecule is Cc1cnc(NC(=O)Cc2ccc(OC(F)F)cc2)s1. The molecule has 0 saturated carbocycles. The monoisotopic (exact) mass is 298 g/mol. The minimum absolute atomic E-state index is 0.0692. The summed E-state index contributed by atoms with van der Waals surface area (Å²) < 4.78 is 28.2. The third-order valence-electron chi connectivity index (χ3n) is 2.38. The Morgan fingerprint density at radius 2 is 2.10 bits per heavy atom. The largest absolute Gasteiger partial charge is 0.435 e. The first-order valence-corrected chi connectivity index (χ1v) is 6.60. The number of rotatable bonds is 5. The Hall–Kier alpha value is -2.02. The molecule has 1 N–H and O–H groups in total. The van der Waals surface area contributed by atoms with Gasteiger partial charge in [0, 0.05) is 11.1 Å². The summed E-state index contributed by atoms with van der Waals surface area (Å²) in [7, 11) is 0. The first-order chi connectivity index (χ1) is 9.52. The van der Waals surface area contributed by atoms with Crippen LogP contribution >= 0.6 is 11.3 Å². The number of nitrogens with zero attached hydrogens (tertiary/aromatic N) is 1. The highest BCUT2D eigenvalue weighted by Gasteiger charge is 2.08. The van der Waals surface area contributed by atoms with Crippen molar-refractivity contribution < 1.29 is 18.3 Å². The van der Waals surface area contributed by atoms with Gasteiger partial charge in [-0.2, -0.15) is 8.78 Å². The van der Waals surface area contributed by atoms with Crippen molar-refractivity contribution in [3.63, 3.8) is 0 Å². The minimum atomic E-state index is -2.85. The van der Waals surface area contributed by atoms with Crippen molar-refractivity contribution in [3.8, 4) is 5.75 Å². The molecular formula is C13H12F2N2O2S. The number of hydrogen-bond donors (Lipinski definition) is 1. The van der Waals surface area contributed by atoms with Crippen molar-refractivity contribution in [2.24, 2.45) is 0 Å². The van der Waals surface area contributed by atoms with Crippen molar-refractivity contribution in [1.29, 1.82) is 0 Å². The lowest BCUT2D eigenvalue weighted by atomic mass is 10.1. The molecule has 2 rings (SSSR count). The van der Waals surface area contributed by atoms with Crippen LogP contribution in [0.25, 0.3) is 0 Å². The van der Waals surface area contributed by atoms with Crippen LogP contribution in [-0.4, -0.2) is 17.5 Å². The Morgan fingerprint density at radius 1 is 1.40 bits per heavy atom. The number of carbonyl (C=O) groups is 1. The minimum Gasteiger partial charge on any atom is -0.435 e. The second-order valence-electron chi connectivity index (χ2n) is 4.02. The number of halogens is 2. The highest BCUT2D eigenvalue weighted by atomic mass is 32.1. The zero-order chi connectivity index (χ0) is 14.5. The third-order valence-corrected chi connectivity index (χ3v) is 3.21. The highest BCUT2D eigenvalue weighted by Crippen LogP contribution is 2.18. The molecule has 0 radical (unpaired) electrons. The van der Waals surface area contributed by atoms with Crippen LogP contribution in [0, 0.1) is 6.92 Å². The number of ether oxygens (including phenoxy) is 1. The lowest BCUT2D eigenvalue weighted by Crippen LogP contribution is -2.14. The van der Waals surface area contributed by atoms with E-state index in [-0.39, 0.29) is 18.1 Å². The average Bonchev–Trinajstić information content (AvgIpc) is 2.76. The van der Waals surface area contributed by atoms with Crippen molar-refractivity contribution >= 4 is 22.4 Å². The molecule has 4 nitrogen and oxygen atoms in total. The van der Waals surface area contributed by atoms with Crippen molar-refractivity contribution in [2.45, 2.75) is 20.0 Å². The summed E-state index contributed by atoms with van der Waals surface area (Å²) in [5.74, 6) is -0.137.